The fourth-order valence-electron chi connectivity index (χ4n) is 4.46. The fraction of sp³-hybridized carbons (Fsp3) is 0.967. The summed E-state index contributed by atoms with van der Waals surface area (Å²) in [5, 5.41) is 12.5. The topological polar surface area (TPSA) is 58.6 Å². The highest BCUT2D eigenvalue weighted by Gasteiger charge is 2.09. The minimum atomic E-state index is -0.274. The maximum absolute atomic E-state index is 12.0. The van der Waals surface area contributed by atoms with E-state index in [9.17, 15) is 9.90 Å². The molecular weight excluding hydrogens is 422 g/mol. The van der Waals surface area contributed by atoms with E-state index < -0.39 is 0 Å². The molecule has 0 aromatic carbocycles. The van der Waals surface area contributed by atoms with Crippen LogP contribution in [0.1, 0.15) is 162 Å². The van der Waals surface area contributed by atoms with Crippen molar-refractivity contribution in [1.29, 1.82) is 0 Å². The number of aliphatic hydroxyl groups excluding tert-OH is 1. The van der Waals surface area contributed by atoms with Gasteiger partial charge in [-0.15, -0.1) is 0 Å². The first-order valence-corrected chi connectivity index (χ1v) is 15.2. The number of ether oxygens (including phenoxy) is 1. The van der Waals surface area contributed by atoms with Crippen molar-refractivity contribution >= 4 is 5.91 Å². The van der Waals surface area contributed by atoms with Gasteiger partial charge in [-0.2, -0.15) is 0 Å². The molecule has 4 heteroatoms. The summed E-state index contributed by atoms with van der Waals surface area (Å²) in [5.74, 6) is 0.0888. The van der Waals surface area contributed by atoms with E-state index in [1.54, 1.807) is 0 Å². The number of nitrogens with one attached hydrogen (secondary N) is 1. The van der Waals surface area contributed by atoms with E-state index in [0.29, 0.717) is 19.6 Å². The largest absolute Gasteiger partial charge is 0.394 e. The molecule has 204 valence electrons. The van der Waals surface area contributed by atoms with Crippen molar-refractivity contribution in [1.82, 2.24) is 5.32 Å². The fourth-order valence-corrected chi connectivity index (χ4v) is 4.46. The van der Waals surface area contributed by atoms with Gasteiger partial charge in [-0.3, -0.25) is 4.79 Å². The summed E-state index contributed by atoms with van der Waals surface area (Å²) in [6, 6.07) is 0. The van der Waals surface area contributed by atoms with Crippen molar-refractivity contribution < 1.29 is 14.6 Å². The molecule has 0 aliphatic carbocycles. The lowest BCUT2D eigenvalue weighted by molar-refractivity contribution is -0.122. The average molecular weight is 484 g/mol. The third-order valence-corrected chi connectivity index (χ3v) is 6.84. The zero-order chi connectivity index (χ0) is 25.0. The molecule has 1 amide bonds. The highest BCUT2D eigenvalue weighted by Crippen LogP contribution is 2.13. The van der Waals surface area contributed by atoms with Gasteiger partial charge in [-0.1, -0.05) is 142 Å². The van der Waals surface area contributed by atoms with Crippen molar-refractivity contribution in [3.63, 3.8) is 0 Å². The molecule has 0 spiro atoms. The van der Waals surface area contributed by atoms with Gasteiger partial charge in [0.15, 0.2) is 0 Å². The maximum Gasteiger partial charge on any atom is 0.220 e. The number of carbonyl (C=O) groups is 1. The van der Waals surface area contributed by atoms with E-state index in [0.717, 1.165) is 19.3 Å². The highest BCUT2D eigenvalue weighted by molar-refractivity contribution is 5.75. The second-order valence-corrected chi connectivity index (χ2v) is 10.3. The Kier molecular flexibility index (Phi) is 28.1. The first-order valence-electron chi connectivity index (χ1n) is 15.2. The van der Waals surface area contributed by atoms with Gasteiger partial charge in [0, 0.05) is 19.6 Å². The van der Waals surface area contributed by atoms with Crippen LogP contribution in [0.25, 0.3) is 0 Å². The van der Waals surface area contributed by atoms with E-state index >= 15 is 0 Å². The number of hydrogen-bond donors (Lipinski definition) is 2. The minimum absolute atomic E-state index is 0.0310. The summed E-state index contributed by atoms with van der Waals surface area (Å²) in [6.45, 7) is 5.59. The van der Waals surface area contributed by atoms with Crippen LogP contribution in [0.3, 0.4) is 0 Å². The van der Waals surface area contributed by atoms with Crippen LogP contribution >= 0.6 is 0 Å². The second kappa shape index (κ2) is 28.6. The molecule has 0 bridgehead atoms. The van der Waals surface area contributed by atoms with Crippen molar-refractivity contribution in [3.8, 4) is 0 Å². The van der Waals surface area contributed by atoms with E-state index in [1.165, 1.54) is 122 Å². The molecule has 0 saturated heterocycles. The van der Waals surface area contributed by atoms with Gasteiger partial charge in [-0.25, -0.2) is 0 Å². The summed E-state index contributed by atoms with van der Waals surface area (Å²) in [4.78, 5) is 12.0. The first-order chi connectivity index (χ1) is 16.7. The normalized spacial score (nSPS) is 12.2. The van der Waals surface area contributed by atoms with Crippen LogP contribution in [0.2, 0.25) is 0 Å². The molecule has 2 N–H and O–H groups in total. The van der Waals surface area contributed by atoms with E-state index in [-0.39, 0.29) is 18.6 Å². The number of rotatable bonds is 28. The van der Waals surface area contributed by atoms with Gasteiger partial charge >= 0.3 is 0 Å². The van der Waals surface area contributed by atoms with E-state index in [2.05, 4.69) is 19.2 Å². The van der Waals surface area contributed by atoms with Gasteiger partial charge in [-0.05, 0) is 12.8 Å². The molecule has 0 radical (unpaired) electrons. The zero-order valence-electron chi connectivity index (χ0n) is 23.2. The van der Waals surface area contributed by atoms with E-state index in [1.807, 2.05) is 0 Å². The third kappa shape index (κ3) is 26.0. The Bertz CT molecular complexity index is 403. The van der Waals surface area contributed by atoms with Crippen LogP contribution in [-0.2, 0) is 9.53 Å². The summed E-state index contributed by atoms with van der Waals surface area (Å²) >= 11 is 0. The first kappa shape index (κ1) is 33.4. The van der Waals surface area contributed by atoms with Crippen molar-refractivity contribution in [2.45, 2.75) is 168 Å². The molecule has 0 heterocycles. The predicted molar refractivity (Wildman–Crippen MR) is 147 cm³/mol. The molecule has 34 heavy (non-hydrogen) atoms. The molecule has 0 aromatic rings. The summed E-state index contributed by atoms with van der Waals surface area (Å²) in [7, 11) is 0. The number of hydrogen-bond acceptors (Lipinski definition) is 3. The monoisotopic (exact) mass is 483 g/mol. The molecule has 0 aliphatic heterocycles. The van der Waals surface area contributed by atoms with Gasteiger partial charge < -0.3 is 15.2 Å². The smallest absolute Gasteiger partial charge is 0.220 e. The Morgan fingerprint density at radius 1 is 0.618 bits per heavy atom. The molecule has 1 atom stereocenters. The minimum Gasteiger partial charge on any atom is -0.394 e. The van der Waals surface area contributed by atoms with Crippen LogP contribution in [0.5, 0.6) is 0 Å². The maximum atomic E-state index is 12.0. The Balaban J connectivity index is 3.41. The second-order valence-electron chi connectivity index (χ2n) is 10.3. The third-order valence-electron chi connectivity index (χ3n) is 6.84. The Labute approximate surface area is 213 Å². The van der Waals surface area contributed by atoms with Crippen LogP contribution in [0.15, 0.2) is 0 Å². The van der Waals surface area contributed by atoms with Gasteiger partial charge in [0.2, 0.25) is 5.91 Å². The Morgan fingerprint density at radius 2 is 1.00 bits per heavy atom. The highest BCUT2D eigenvalue weighted by atomic mass is 16.5. The number of aliphatic hydroxyl groups is 1. The molecule has 4 nitrogen and oxygen atoms in total. The van der Waals surface area contributed by atoms with Crippen LogP contribution in [0, 0.1) is 0 Å². The van der Waals surface area contributed by atoms with Gasteiger partial charge in [0.25, 0.3) is 0 Å². The Morgan fingerprint density at radius 3 is 1.41 bits per heavy atom. The van der Waals surface area contributed by atoms with Gasteiger partial charge in [0.05, 0.1) is 12.7 Å². The van der Waals surface area contributed by atoms with Crippen molar-refractivity contribution in [2.24, 2.45) is 0 Å². The molecular formula is C30H61NO3. The van der Waals surface area contributed by atoms with Crippen LogP contribution in [0.4, 0.5) is 0 Å². The molecule has 0 aromatic heterocycles. The van der Waals surface area contributed by atoms with Crippen LogP contribution in [-0.4, -0.2) is 36.9 Å². The average Bonchev–Trinajstić information content (AvgIpc) is 2.85. The lowest BCUT2D eigenvalue weighted by Gasteiger charge is -2.16. The summed E-state index contributed by atoms with van der Waals surface area (Å²) < 4.78 is 5.77. The quantitative estimate of drug-likeness (QED) is 0.110. The Hall–Kier alpha value is -0.610. The number of carbonyl (C=O) groups excluding carboxylic acids is 1. The molecule has 1 unspecified atom stereocenters. The number of unbranched alkanes of at least 4 members (excludes halogenated alkanes) is 20. The standard InChI is InChI=1S/C30H61NO3/c1-3-5-7-9-11-13-14-15-16-18-20-22-24-26-34-29(28-32)27-31-30(33)25-23-21-19-17-12-10-8-6-4-2/h29,32H,3-28H2,1-2H3,(H,31,33). The molecule has 0 fully saturated rings. The summed E-state index contributed by atoms with van der Waals surface area (Å²) in [6.07, 6.45) is 29.1. The summed E-state index contributed by atoms with van der Waals surface area (Å²) in [5.41, 5.74) is 0. The lowest BCUT2D eigenvalue weighted by atomic mass is 10.0. The SMILES string of the molecule is CCCCCCCCCCCCCCCOC(CO)CNC(=O)CCCCCCCCCCC. The molecule has 0 aliphatic rings. The molecule has 0 rings (SSSR count). The lowest BCUT2D eigenvalue weighted by Crippen LogP contribution is -2.35. The van der Waals surface area contributed by atoms with Gasteiger partial charge in [0.1, 0.15) is 0 Å². The van der Waals surface area contributed by atoms with E-state index in [4.69, 9.17) is 4.74 Å². The van der Waals surface area contributed by atoms with Crippen molar-refractivity contribution in [3.05, 3.63) is 0 Å². The predicted octanol–water partition coefficient (Wildman–Crippen LogP) is 8.49. The number of amides is 1. The van der Waals surface area contributed by atoms with Crippen molar-refractivity contribution in [2.75, 3.05) is 19.8 Å². The van der Waals surface area contributed by atoms with Crippen LogP contribution < -0.4 is 5.32 Å². The zero-order valence-corrected chi connectivity index (χ0v) is 23.2. The molecule has 0 saturated carbocycles.